The molecule has 1 aromatic rings. The largest absolute Gasteiger partial charge is 0.371 e. The molecule has 0 radical (unpaired) electrons. The molecule has 1 aliphatic carbocycles. The van der Waals surface area contributed by atoms with Crippen LogP contribution < -0.4 is 4.90 Å². The topological polar surface area (TPSA) is 20.3 Å². The highest BCUT2D eigenvalue weighted by Crippen LogP contribution is 2.37. The highest BCUT2D eigenvalue weighted by atomic mass is 16.1. The third kappa shape index (κ3) is 4.59. The van der Waals surface area contributed by atoms with Crippen LogP contribution in [0.4, 0.5) is 5.69 Å². The van der Waals surface area contributed by atoms with Gasteiger partial charge < -0.3 is 4.90 Å². The van der Waals surface area contributed by atoms with Gasteiger partial charge in [0.05, 0.1) is 0 Å². The van der Waals surface area contributed by atoms with E-state index in [9.17, 15) is 4.79 Å². The maximum Gasteiger partial charge on any atom is 0.137 e. The molecule has 0 spiro atoms. The van der Waals surface area contributed by atoms with Gasteiger partial charge in [0.2, 0.25) is 0 Å². The second-order valence-corrected chi connectivity index (χ2v) is 7.17. The van der Waals surface area contributed by atoms with Crippen molar-refractivity contribution in [3.05, 3.63) is 30.3 Å². The summed E-state index contributed by atoms with van der Waals surface area (Å²) in [7, 11) is 0. The molecular weight excluding hydrogens is 258 g/mol. The zero-order chi connectivity index (χ0) is 15.3. The summed E-state index contributed by atoms with van der Waals surface area (Å²) in [4.78, 5) is 14.7. The van der Waals surface area contributed by atoms with E-state index in [2.05, 4.69) is 56.0 Å². The molecule has 0 aliphatic heterocycles. The highest BCUT2D eigenvalue weighted by molar-refractivity contribution is 5.82. The van der Waals surface area contributed by atoms with Crippen molar-refractivity contribution < 1.29 is 4.79 Å². The number of carbonyl (C=O) groups excluding carboxylic acids is 1. The standard InChI is InChI=1S/C19H29NO/c1-4-5-13-20(17-9-7-6-8-10-17)15-16-14-19(2,3)12-11-18(16)21/h6-10,16H,4-5,11-15H2,1-3H3. The Labute approximate surface area is 129 Å². The van der Waals surface area contributed by atoms with Gasteiger partial charge in [-0.15, -0.1) is 0 Å². The van der Waals surface area contributed by atoms with Crippen molar-refractivity contribution in [1.82, 2.24) is 0 Å². The van der Waals surface area contributed by atoms with Crippen LogP contribution in [0.3, 0.4) is 0 Å². The van der Waals surface area contributed by atoms with E-state index in [0.29, 0.717) is 11.2 Å². The summed E-state index contributed by atoms with van der Waals surface area (Å²) in [5.74, 6) is 0.664. The molecule has 1 aromatic carbocycles. The van der Waals surface area contributed by atoms with Crippen LogP contribution in [0, 0.1) is 11.3 Å². The second kappa shape index (κ2) is 7.11. The van der Waals surface area contributed by atoms with Crippen LogP contribution in [-0.4, -0.2) is 18.9 Å². The highest BCUT2D eigenvalue weighted by Gasteiger charge is 2.34. The molecule has 1 saturated carbocycles. The van der Waals surface area contributed by atoms with E-state index in [4.69, 9.17) is 0 Å². The molecule has 1 fully saturated rings. The van der Waals surface area contributed by atoms with E-state index < -0.39 is 0 Å². The number of ketones is 1. The van der Waals surface area contributed by atoms with Crippen LogP contribution in [-0.2, 0) is 4.79 Å². The minimum absolute atomic E-state index is 0.200. The number of hydrogen-bond donors (Lipinski definition) is 0. The van der Waals surface area contributed by atoms with Crippen molar-refractivity contribution >= 4 is 11.5 Å². The lowest BCUT2D eigenvalue weighted by atomic mass is 9.71. The number of para-hydroxylation sites is 1. The predicted molar refractivity (Wildman–Crippen MR) is 89.7 cm³/mol. The van der Waals surface area contributed by atoms with E-state index in [1.165, 1.54) is 18.5 Å². The molecule has 0 saturated heterocycles. The summed E-state index contributed by atoms with van der Waals surface area (Å²) < 4.78 is 0. The lowest BCUT2D eigenvalue weighted by Crippen LogP contribution is -2.39. The van der Waals surface area contributed by atoms with Gasteiger partial charge in [-0.25, -0.2) is 0 Å². The fourth-order valence-electron chi connectivity index (χ4n) is 3.29. The zero-order valence-corrected chi connectivity index (χ0v) is 13.8. The van der Waals surface area contributed by atoms with E-state index in [0.717, 1.165) is 32.4 Å². The summed E-state index contributed by atoms with van der Waals surface area (Å²) in [5.41, 5.74) is 1.56. The van der Waals surface area contributed by atoms with Crippen molar-refractivity contribution in [2.75, 3.05) is 18.0 Å². The number of nitrogens with zero attached hydrogens (tertiary/aromatic N) is 1. The van der Waals surface area contributed by atoms with Crippen molar-refractivity contribution in [3.8, 4) is 0 Å². The first kappa shape index (κ1) is 16.1. The quantitative estimate of drug-likeness (QED) is 0.756. The normalized spacial score (nSPS) is 21.3. The smallest absolute Gasteiger partial charge is 0.137 e. The minimum atomic E-state index is 0.200. The number of unbranched alkanes of at least 4 members (excludes halogenated alkanes) is 1. The van der Waals surface area contributed by atoms with Gasteiger partial charge in [-0.1, -0.05) is 45.4 Å². The molecule has 0 aromatic heterocycles. The Bertz CT molecular complexity index is 452. The maximum absolute atomic E-state index is 12.3. The summed E-state index contributed by atoms with van der Waals surface area (Å²) in [6, 6.07) is 10.5. The molecule has 1 atom stereocenters. The fraction of sp³-hybridized carbons (Fsp3) is 0.632. The van der Waals surface area contributed by atoms with E-state index in [-0.39, 0.29) is 5.92 Å². The number of benzene rings is 1. The average Bonchev–Trinajstić information content (AvgIpc) is 2.48. The Hall–Kier alpha value is -1.31. The van der Waals surface area contributed by atoms with Crippen LogP contribution in [0.5, 0.6) is 0 Å². The molecule has 1 unspecified atom stereocenters. The molecule has 1 aliphatic rings. The first-order valence-electron chi connectivity index (χ1n) is 8.34. The van der Waals surface area contributed by atoms with Crippen molar-refractivity contribution in [2.45, 2.75) is 52.9 Å². The van der Waals surface area contributed by atoms with Gasteiger partial charge >= 0.3 is 0 Å². The third-order valence-corrected chi connectivity index (χ3v) is 4.65. The first-order chi connectivity index (χ1) is 10.0. The maximum atomic E-state index is 12.3. The summed E-state index contributed by atoms with van der Waals surface area (Å²) in [6.07, 6.45) is 5.20. The van der Waals surface area contributed by atoms with Gasteiger partial charge in [-0.2, -0.15) is 0 Å². The van der Waals surface area contributed by atoms with Crippen LogP contribution in [0.15, 0.2) is 30.3 Å². The number of hydrogen-bond acceptors (Lipinski definition) is 2. The summed E-state index contributed by atoms with van der Waals surface area (Å²) in [6.45, 7) is 8.74. The fourth-order valence-corrected chi connectivity index (χ4v) is 3.29. The molecule has 2 rings (SSSR count). The number of rotatable bonds is 6. The van der Waals surface area contributed by atoms with Crippen LogP contribution >= 0.6 is 0 Å². The minimum Gasteiger partial charge on any atom is -0.371 e. The van der Waals surface area contributed by atoms with Crippen LogP contribution in [0.1, 0.15) is 52.9 Å². The number of anilines is 1. The molecule has 116 valence electrons. The zero-order valence-electron chi connectivity index (χ0n) is 13.8. The SMILES string of the molecule is CCCCN(CC1CC(C)(C)CCC1=O)c1ccccc1. The molecule has 0 heterocycles. The average molecular weight is 287 g/mol. The molecule has 0 bridgehead atoms. The molecule has 2 heteroatoms. The summed E-state index contributed by atoms with van der Waals surface area (Å²) in [5, 5.41) is 0. The van der Waals surface area contributed by atoms with Gasteiger partial charge in [0.15, 0.2) is 0 Å². The monoisotopic (exact) mass is 287 g/mol. The second-order valence-electron chi connectivity index (χ2n) is 7.17. The van der Waals surface area contributed by atoms with Gasteiger partial charge in [0, 0.05) is 31.1 Å². The Morgan fingerprint density at radius 2 is 1.95 bits per heavy atom. The van der Waals surface area contributed by atoms with Crippen LogP contribution in [0.2, 0.25) is 0 Å². The predicted octanol–water partition coefficient (Wildman–Crippen LogP) is 4.69. The van der Waals surface area contributed by atoms with Crippen molar-refractivity contribution in [1.29, 1.82) is 0 Å². The van der Waals surface area contributed by atoms with Gasteiger partial charge in [-0.05, 0) is 36.8 Å². The molecule has 0 N–H and O–H groups in total. The third-order valence-electron chi connectivity index (χ3n) is 4.65. The first-order valence-corrected chi connectivity index (χ1v) is 8.34. The summed E-state index contributed by atoms with van der Waals surface area (Å²) >= 11 is 0. The molecule has 2 nitrogen and oxygen atoms in total. The van der Waals surface area contributed by atoms with E-state index in [1.807, 2.05) is 0 Å². The Balaban J connectivity index is 2.09. The van der Waals surface area contributed by atoms with Crippen molar-refractivity contribution in [2.24, 2.45) is 11.3 Å². The van der Waals surface area contributed by atoms with E-state index in [1.54, 1.807) is 0 Å². The van der Waals surface area contributed by atoms with Gasteiger partial charge in [0.25, 0.3) is 0 Å². The number of Topliss-reactive ketones (excluding diaryl/α,β-unsaturated/α-hetero) is 1. The van der Waals surface area contributed by atoms with Crippen molar-refractivity contribution in [3.63, 3.8) is 0 Å². The Morgan fingerprint density at radius 3 is 2.62 bits per heavy atom. The van der Waals surface area contributed by atoms with Gasteiger partial charge in [-0.3, -0.25) is 4.79 Å². The van der Waals surface area contributed by atoms with Crippen LogP contribution in [0.25, 0.3) is 0 Å². The van der Waals surface area contributed by atoms with Gasteiger partial charge in [0.1, 0.15) is 5.78 Å². The van der Waals surface area contributed by atoms with E-state index >= 15 is 0 Å². The lowest BCUT2D eigenvalue weighted by molar-refractivity contribution is -0.126. The number of carbonyl (C=O) groups is 1. The lowest BCUT2D eigenvalue weighted by Gasteiger charge is -2.37. The molecule has 21 heavy (non-hydrogen) atoms. The molecule has 0 amide bonds. The Morgan fingerprint density at radius 1 is 1.24 bits per heavy atom. The Kier molecular flexibility index (Phi) is 5.44. The molecular formula is C19H29NO.